The van der Waals surface area contributed by atoms with Crippen molar-refractivity contribution in [3.8, 4) is 43.8 Å². The van der Waals surface area contributed by atoms with Crippen LogP contribution >= 0.6 is 11.3 Å². The van der Waals surface area contributed by atoms with E-state index in [2.05, 4.69) is 170 Å². The zero-order chi connectivity index (χ0) is 31.2. The van der Waals surface area contributed by atoms with Crippen molar-refractivity contribution < 1.29 is 0 Å². The van der Waals surface area contributed by atoms with E-state index in [0.717, 1.165) is 12.8 Å². The molecule has 0 bridgehead atoms. The second kappa shape index (κ2) is 11.7. The summed E-state index contributed by atoms with van der Waals surface area (Å²) in [7, 11) is 0. The molecule has 0 nitrogen and oxygen atoms in total. The van der Waals surface area contributed by atoms with Crippen LogP contribution in [0.5, 0.6) is 0 Å². The molecule has 0 aliphatic heterocycles. The first-order chi connectivity index (χ1) is 23.3. The molecule has 0 saturated carbocycles. The predicted octanol–water partition coefficient (Wildman–Crippen LogP) is 13.6. The fraction of sp³-hybridized carbons (Fsp3) is 0.0435. The smallest absolute Gasteiger partial charge is 0.0349 e. The van der Waals surface area contributed by atoms with Crippen molar-refractivity contribution in [2.24, 2.45) is 0 Å². The molecule has 0 unspecified atom stereocenters. The van der Waals surface area contributed by atoms with Crippen LogP contribution in [0.25, 0.3) is 81.7 Å². The van der Waals surface area contributed by atoms with E-state index < -0.39 is 0 Å². The van der Waals surface area contributed by atoms with Gasteiger partial charge in [0.05, 0.1) is 0 Å². The lowest BCUT2D eigenvalue weighted by atomic mass is 9.82. The van der Waals surface area contributed by atoms with Gasteiger partial charge in [0.25, 0.3) is 0 Å². The molecule has 1 aliphatic carbocycles. The van der Waals surface area contributed by atoms with Crippen molar-refractivity contribution in [3.05, 3.63) is 175 Å². The second-order valence-corrected chi connectivity index (χ2v) is 13.4. The van der Waals surface area contributed by atoms with Crippen molar-refractivity contribution in [2.45, 2.75) is 12.8 Å². The van der Waals surface area contributed by atoms with Gasteiger partial charge in [0.1, 0.15) is 0 Å². The van der Waals surface area contributed by atoms with Gasteiger partial charge in [0, 0.05) is 9.75 Å². The van der Waals surface area contributed by atoms with Crippen LogP contribution in [0.2, 0.25) is 0 Å². The minimum absolute atomic E-state index is 1.11. The molecule has 1 heterocycles. The molecule has 0 fully saturated rings. The van der Waals surface area contributed by atoms with Crippen LogP contribution in [0.3, 0.4) is 0 Å². The van der Waals surface area contributed by atoms with Gasteiger partial charge in [0.2, 0.25) is 0 Å². The predicted molar refractivity (Wildman–Crippen MR) is 205 cm³/mol. The van der Waals surface area contributed by atoms with Crippen LogP contribution < -0.4 is 0 Å². The monoisotopic (exact) mass is 616 g/mol. The third-order valence-corrected chi connectivity index (χ3v) is 10.8. The Hall–Kier alpha value is -5.50. The summed E-state index contributed by atoms with van der Waals surface area (Å²) in [5, 5.41) is 7.62. The maximum Gasteiger partial charge on any atom is 0.0349 e. The zero-order valence-electron chi connectivity index (χ0n) is 26.0. The SMILES string of the molecule is C1=CCCC(c2ccc(-c3cccc(-c4c5ccccc5c(-c5c(-c6ccccc6)ccc6ccccc56)c5ccccc45)c3)s2)=C1. The van der Waals surface area contributed by atoms with Crippen molar-refractivity contribution in [1.82, 2.24) is 0 Å². The van der Waals surface area contributed by atoms with Gasteiger partial charge in [-0.25, -0.2) is 0 Å². The number of benzene rings is 7. The van der Waals surface area contributed by atoms with Crippen LogP contribution in [-0.2, 0) is 0 Å². The van der Waals surface area contributed by atoms with Gasteiger partial charge in [-0.05, 0) is 108 Å². The summed E-state index contributed by atoms with van der Waals surface area (Å²) in [5.74, 6) is 0. The average molecular weight is 617 g/mol. The molecule has 222 valence electrons. The lowest BCUT2D eigenvalue weighted by molar-refractivity contribution is 1.06. The molecule has 9 rings (SSSR count). The van der Waals surface area contributed by atoms with Gasteiger partial charge in [-0.1, -0.05) is 152 Å². The summed E-state index contributed by atoms with van der Waals surface area (Å²) in [6, 6.07) is 56.0. The largest absolute Gasteiger partial charge is 0.136 e. The van der Waals surface area contributed by atoms with Gasteiger partial charge >= 0.3 is 0 Å². The molecule has 0 atom stereocenters. The van der Waals surface area contributed by atoms with E-state index in [9.17, 15) is 0 Å². The maximum atomic E-state index is 2.39. The molecule has 0 spiro atoms. The number of hydrogen-bond acceptors (Lipinski definition) is 1. The highest BCUT2D eigenvalue weighted by atomic mass is 32.1. The molecule has 8 aromatic rings. The molecule has 0 radical (unpaired) electrons. The summed E-state index contributed by atoms with van der Waals surface area (Å²) in [6.07, 6.45) is 8.96. The quantitative estimate of drug-likeness (QED) is 0.169. The molecule has 1 aliphatic rings. The van der Waals surface area contributed by atoms with Gasteiger partial charge < -0.3 is 0 Å². The fourth-order valence-corrected chi connectivity index (χ4v) is 8.46. The molecule has 47 heavy (non-hydrogen) atoms. The molecular weight excluding hydrogens is 585 g/mol. The molecule has 0 amide bonds. The average Bonchev–Trinajstić information content (AvgIpc) is 3.65. The highest BCUT2D eigenvalue weighted by Crippen LogP contribution is 2.48. The summed E-state index contributed by atoms with van der Waals surface area (Å²) >= 11 is 1.90. The molecule has 1 aromatic heterocycles. The summed E-state index contributed by atoms with van der Waals surface area (Å²) in [5.41, 5.74) is 10.3. The number of thiophene rings is 1. The van der Waals surface area contributed by atoms with Crippen molar-refractivity contribution in [3.63, 3.8) is 0 Å². The number of allylic oxidation sites excluding steroid dienone is 4. The van der Waals surface area contributed by atoms with E-state index in [0.29, 0.717) is 0 Å². The van der Waals surface area contributed by atoms with Gasteiger partial charge in [-0.2, -0.15) is 0 Å². The standard InChI is InChI=1S/C46H32S/c1-3-14-31(15-4-1)37-27-26-32-16-7-8-21-36(32)45(37)46-40-24-11-9-22-38(40)44(39-23-10-12-25-41(39)46)35-20-13-19-34(30-35)43-29-28-42(47-43)33-17-5-2-6-18-33/h1-5,7-17,19-30H,6,18H2. The van der Waals surface area contributed by atoms with Crippen molar-refractivity contribution in [1.29, 1.82) is 0 Å². The Morgan fingerprint density at radius 1 is 0.426 bits per heavy atom. The fourth-order valence-electron chi connectivity index (χ4n) is 7.41. The summed E-state index contributed by atoms with van der Waals surface area (Å²) in [6.45, 7) is 0. The first kappa shape index (κ1) is 27.8. The van der Waals surface area contributed by atoms with E-state index >= 15 is 0 Å². The molecule has 1 heteroatoms. The first-order valence-electron chi connectivity index (χ1n) is 16.4. The highest BCUT2D eigenvalue weighted by Gasteiger charge is 2.21. The number of hydrogen-bond donors (Lipinski definition) is 0. The van der Waals surface area contributed by atoms with Crippen LogP contribution in [0.15, 0.2) is 170 Å². The van der Waals surface area contributed by atoms with Crippen LogP contribution in [0.4, 0.5) is 0 Å². The van der Waals surface area contributed by atoms with Gasteiger partial charge in [-0.15, -0.1) is 11.3 Å². The Balaban J connectivity index is 1.31. The van der Waals surface area contributed by atoms with Crippen LogP contribution in [0.1, 0.15) is 17.7 Å². The lowest BCUT2D eigenvalue weighted by Gasteiger charge is -2.21. The number of fused-ring (bicyclic) bond motifs is 3. The lowest BCUT2D eigenvalue weighted by Crippen LogP contribution is -1.94. The normalized spacial score (nSPS) is 13.0. The second-order valence-electron chi connectivity index (χ2n) is 12.3. The molecule has 0 N–H and O–H groups in total. The minimum Gasteiger partial charge on any atom is -0.136 e. The Kier molecular flexibility index (Phi) is 6.91. The van der Waals surface area contributed by atoms with Crippen LogP contribution in [-0.4, -0.2) is 0 Å². The van der Waals surface area contributed by atoms with Gasteiger partial charge in [-0.3, -0.25) is 0 Å². The van der Waals surface area contributed by atoms with E-state index in [4.69, 9.17) is 0 Å². The van der Waals surface area contributed by atoms with Crippen molar-refractivity contribution in [2.75, 3.05) is 0 Å². The van der Waals surface area contributed by atoms with Crippen LogP contribution in [0, 0.1) is 0 Å². The zero-order valence-corrected chi connectivity index (χ0v) is 26.8. The van der Waals surface area contributed by atoms with E-state index in [1.54, 1.807) is 0 Å². The van der Waals surface area contributed by atoms with E-state index in [1.165, 1.54) is 86.6 Å². The van der Waals surface area contributed by atoms with Gasteiger partial charge in [0.15, 0.2) is 0 Å². The summed E-state index contributed by atoms with van der Waals surface area (Å²) in [4.78, 5) is 2.69. The summed E-state index contributed by atoms with van der Waals surface area (Å²) < 4.78 is 0. The van der Waals surface area contributed by atoms with Crippen molar-refractivity contribution >= 4 is 49.2 Å². The Morgan fingerprint density at radius 2 is 1.04 bits per heavy atom. The Labute approximate surface area is 279 Å². The minimum atomic E-state index is 1.11. The Morgan fingerprint density at radius 3 is 1.77 bits per heavy atom. The van der Waals surface area contributed by atoms with E-state index in [1.807, 2.05) is 11.3 Å². The first-order valence-corrected chi connectivity index (χ1v) is 17.2. The maximum absolute atomic E-state index is 2.39. The molecule has 7 aromatic carbocycles. The number of rotatable bonds is 5. The highest BCUT2D eigenvalue weighted by molar-refractivity contribution is 7.16. The third kappa shape index (κ3) is 4.83. The molecule has 0 saturated heterocycles. The topological polar surface area (TPSA) is 0 Å². The Bertz CT molecular complexity index is 2450. The third-order valence-electron chi connectivity index (χ3n) is 9.57. The molecular formula is C46H32S. The van der Waals surface area contributed by atoms with E-state index in [-0.39, 0.29) is 0 Å².